The molecule has 1 aliphatic heterocycles. The summed E-state index contributed by atoms with van der Waals surface area (Å²) in [5.74, 6) is -0.766. The number of aliphatic hydroxyl groups excluding tert-OH is 1. The molecular formula is C20H21NO4S. The lowest BCUT2D eigenvalue weighted by Gasteiger charge is -2.23. The minimum Gasteiger partial charge on any atom is -0.507 e. The summed E-state index contributed by atoms with van der Waals surface area (Å²) in [5, 5.41) is 12.8. The van der Waals surface area contributed by atoms with Gasteiger partial charge in [-0.1, -0.05) is 25.1 Å². The number of thiophene rings is 1. The number of likely N-dealkylation sites (tertiary alicyclic amines) is 1. The summed E-state index contributed by atoms with van der Waals surface area (Å²) < 4.78 is 5.47. The Morgan fingerprint density at radius 1 is 1.23 bits per heavy atom. The van der Waals surface area contributed by atoms with Gasteiger partial charge in [0.2, 0.25) is 0 Å². The van der Waals surface area contributed by atoms with Crippen molar-refractivity contribution >= 4 is 28.8 Å². The van der Waals surface area contributed by atoms with Crippen molar-refractivity contribution in [3.63, 3.8) is 0 Å². The number of aliphatic hydroxyl groups is 1. The number of carbonyl (C=O) groups excluding carboxylic acids is 2. The highest BCUT2D eigenvalue weighted by atomic mass is 32.1. The first-order chi connectivity index (χ1) is 12.6. The van der Waals surface area contributed by atoms with Gasteiger partial charge in [0.1, 0.15) is 11.5 Å². The van der Waals surface area contributed by atoms with E-state index in [0.717, 1.165) is 11.3 Å². The largest absolute Gasteiger partial charge is 0.507 e. The van der Waals surface area contributed by atoms with Crippen LogP contribution >= 0.6 is 11.3 Å². The number of benzene rings is 1. The summed E-state index contributed by atoms with van der Waals surface area (Å²) in [6, 6.07) is 10.1. The Morgan fingerprint density at radius 3 is 2.69 bits per heavy atom. The van der Waals surface area contributed by atoms with Crippen LogP contribution in [0.1, 0.15) is 36.8 Å². The molecule has 0 saturated carbocycles. The van der Waals surface area contributed by atoms with Crippen molar-refractivity contribution in [2.45, 2.75) is 26.3 Å². The summed E-state index contributed by atoms with van der Waals surface area (Å²) in [6.45, 7) is 4.79. The molecule has 136 valence electrons. The Balaban J connectivity index is 2.12. The van der Waals surface area contributed by atoms with E-state index < -0.39 is 17.7 Å². The molecule has 0 aliphatic carbocycles. The van der Waals surface area contributed by atoms with Gasteiger partial charge in [-0.3, -0.25) is 9.59 Å². The van der Waals surface area contributed by atoms with Crippen molar-refractivity contribution < 1.29 is 19.4 Å². The third-order valence-electron chi connectivity index (χ3n) is 4.24. The minimum absolute atomic E-state index is 0.138. The SMILES string of the molecule is CCCN1C(=O)C(=O)/C(=C(\O)c2cccc(OCC)c2)C1c1cccs1. The number of hydrogen-bond donors (Lipinski definition) is 1. The summed E-state index contributed by atoms with van der Waals surface area (Å²) in [4.78, 5) is 27.6. The van der Waals surface area contributed by atoms with E-state index >= 15 is 0 Å². The maximum Gasteiger partial charge on any atom is 0.295 e. The molecular weight excluding hydrogens is 350 g/mol. The minimum atomic E-state index is -0.642. The molecule has 0 spiro atoms. The zero-order chi connectivity index (χ0) is 18.7. The van der Waals surface area contributed by atoms with Gasteiger partial charge in [-0.05, 0) is 36.9 Å². The number of ketones is 1. The standard InChI is InChI=1S/C20H21NO4S/c1-3-10-21-17(15-9-6-11-26-15)16(19(23)20(21)24)18(22)13-7-5-8-14(12-13)25-4-2/h5-9,11-12,17,22H,3-4,10H2,1-2H3/b18-16-. The lowest BCUT2D eigenvalue weighted by molar-refractivity contribution is -0.139. The maximum absolute atomic E-state index is 12.7. The number of rotatable bonds is 6. The number of amides is 1. The first-order valence-corrected chi connectivity index (χ1v) is 9.51. The van der Waals surface area contributed by atoms with Crippen molar-refractivity contribution in [1.82, 2.24) is 4.90 Å². The molecule has 1 amide bonds. The Kier molecular flexibility index (Phi) is 5.42. The Labute approximate surface area is 156 Å². The van der Waals surface area contributed by atoms with Gasteiger partial charge in [0, 0.05) is 17.0 Å². The van der Waals surface area contributed by atoms with Gasteiger partial charge in [0.15, 0.2) is 0 Å². The molecule has 26 heavy (non-hydrogen) atoms. The van der Waals surface area contributed by atoms with E-state index in [4.69, 9.17) is 4.74 Å². The van der Waals surface area contributed by atoms with Crippen LogP contribution < -0.4 is 4.74 Å². The summed E-state index contributed by atoms with van der Waals surface area (Å²) in [5.41, 5.74) is 0.603. The molecule has 1 aromatic heterocycles. The fourth-order valence-corrected chi connectivity index (χ4v) is 3.99. The highest BCUT2D eigenvalue weighted by molar-refractivity contribution is 7.10. The molecule has 1 atom stereocenters. The molecule has 1 aliphatic rings. The number of hydrogen-bond acceptors (Lipinski definition) is 5. The number of Topliss-reactive ketones (excluding diaryl/α,β-unsaturated/α-hetero) is 1. The van der Waals surface area contributed by atoms with E-state index in [1.54, 1.807) is 29.2 Å². The van der Waals surface area contributed by atoms with Crippen LogP contribution in [0.25, 0.3) is 5.76 Å². The fraction of sp³-hybridized carbons (Fsp3) is 0.300. The van der Waals surface area contributed by atoms with Crippen LogP contribution in [0, 0.1) is 0 Å². The molecule has 6 heteroatoms. The topological polar surface area (TPSA) is 66.8 Å². The van der Waals surface area contributed by atoms with Crippen LogP contribution in [0.15, 0.2) is 47.4 Å². The van der Waals surface area contributed by atoms with Gasteiger partial charge in [-0.25, -0.2) is 0 Å². The van der Waals surface area contributed by atoms with E-state index in [0.29, 0.717) is 24.5 Å². The molecule has 3 rings (SSSR count). The number of nitrogens with zero attached hydrogens (tertiary/aromatic N) is 1. The molecule has 1 N–H and O–H groups in total. The van der Waals surface area contributed by atoms with E-state index in [2.05, 4.69) is 0 Å². The molecule has 1 unspecified atom stereocenters. The summed E-state index contributed by atoms with van der Waals surface area (Å²) in [7, 11) is 0. The van der Waals surface area contributed by atoms with Gasteiger partial charge in [0.05, 0.1) is 18.2 Å². The molecule has 2 aromatic rings. The van der Waals surface area contributed by atoms with E-state index in [1.165, 1.54) is 11.3 Å². The molecule has 5 nitrogen and oxygen atoms in total. The lowest BCUT2D eigenvalue weighted by Crippen LogP contribution is -2.30. The van der Waals surface area contributed by atoms with Crippen LogP contribution in [-0.2, 0) is 9.59 Å². The second kappa shape index (κ2) is 7.74. The highest BCUT2D eigenvalue weighted by Crippen LogP contribution is 2.41. The fourth-order valence-electron chi connectivity index (χ4n) is 3.15. The second-order valence-electron chi connectivity index (χ2n) is 5.97. The zero-order valence-electron chi connectivity index (χ0n) is 14.8. The van der Waals surface area contributed by atoms with Crippen LogP contribution in [0.5, 0.6) is 5.75 Å². The average molecular weight is 371 g/mol. The van der Waals surface area contributed by atoms with Crippen molar-refractivity contribution in [2.24, 2.45) is 0 Å². The number of carbonyl (C=O) groups is 2. The molecule has 1 aromatic carbocycles. The molecule has 0 radical (unpaired) electrons. The van der Waals surface area contributed by atoms with Crippen molar-refractivity contribution in [1.29, 1.82) is 0 Å². The average Bonchev–Trinajstić information content (AvgIpc) is 3.24. The summed E-state index contributed by atoms with van der Waals surface area (Å²) in [6.07, 6.45) is 0.731. The quantitative estimate of drug-likeness (QED) is 0.474. The van der Waals surface area contributed by atoms with Gasteiger partial charge in [-0.2, -0.15) is 0 Å². The summed E-state index contributed by atoms with van der Waals surface area (Å²) >= 11 is 1.47. The zero-order valence-corrected chi connectivity index (χ0v) is 15.6. The monoisotopic (exact) mass is 371 g/mol. The maximum atomic E-state index is 12.7. The molecule has 0 bridgehead atoms. The van der Waals surface area contributed by atoms with Crippen LogP contribution in [0.3, 0.4) is 0 Å². The normalized spacial score (nSPS) is 19.2. The van der Waals surface area contributed by atoms with Crippen molar-refractivity contribution in [3.05, 3.63) is 57.8 Å². The molecule has 1 saturated heterocycles. The first-order valence-electron chi connectivity index (χ1n) is 8.63. The lowest BCUT2D eigenvalue weighted by atomic mass is 9.99. The third-order valence-corrected chi connectivity index (χ3v) is 5.16. The van der Waals surface area contributed by atoms with E-state index in [9.17, 15) is 14.7 Å². The Bertz CT molecular complexity index is 841. The van der Waals surface area contributed by atoms with Crippen molar-refractivity contribution in [2.75, 3.05) is 13.2 Å². The smallest absolute Gasteiger partial charge is 0.295 e. The van der Waals surface area contributed by atoms with Crippen molar-refractivity contribution in [3.8, 4) is 5.75 Å². The van der Waals surface area contributed by atoms with E-state index in [-0.39, 0.29) is 11.3 Å². The predicted molar refractivity (Wildman–Crippen MR) is 101 cm³/mol. The van der Waals surface area contributed by atoms with Gasteiger partial charge >= 0.3 is 0 Å². The predicted octanol–water partition coefficient (Wildman–Crippen LogP) is 3.98. The highest BCUT2D eigenvalue weighted by Gasteiger charge is 2.46. The number of ether oxygens (including phenoxy) is 1. The van der Waals surface area contributed by atoms with Gasteiger partial charge in [-0.15, -0.1) is 11.3 Å². The molecule has 2 heterocycles. The van der Waals surface area contributed by atoms with E-state index in [1.807, 2.05) is 31.4 Å². The van der Waals surface area contributed by atoms with Crippen LogP contribution in [-0.4, -0.2) is 34.8 Å². The Morgan fingerprint density at radius 2 is 2.04 bits per heavy atom. The Hall–Kier alpha value is -2.60. The van der Waals surface area contributed by atoms with Gasteiger partial charge in [0.25, 0.3) is 11.7 Å². The van der Waals surface area contributed by atoms with Crippen LogP contribution in [0.4, 0.5) is 0 Å². The molecule has 1 fully saturated rings. The first kappa shape index (κ1) is 18.2. The second-order valence-corrected chi connectivity index (χ2v) is 6.95. The van der Waals surface area contributed by atoms with Gasteiger partial charge < -0.3 is 14.7 Å². The third kappa shape index (κ3) is 3.24. The van der Waals surface area contributed by atoms with Crippen LogP contribution in [0.2, 0.25) is 0 Å².